The van der Waals surface area contributed by atoms with Gasteiger partial charge in [-0.1, -0.05) is 12.1 Å². The summed E-state index contributed by atoms with van der Waals surface area (Å²) in [5, 5.41) is 9.99. The average Bonchev–Trinajstić information content (AvgIpc) is 2.84. The lowest BCUT2D eigenvalue weighted by atomic mass is 10.0. The van der Waals surface area contributed by atoms with Crippen LogP contribution < -0.4 is 4.90 Å². The number of amides is 1. The van der Waals surface area contributed by atoms with Crippen LogP contribution in [0, 0.1) is 0 Å². The van der Waals surface area contributed by atoms with Crippen molar-refractivity contribution in [1.82, 2.24) is 0 Å². The van der Waals surface area contributed by atoms with Crippen molar-refractivity contribution in [1.29, 1.82) is 0 Å². The Kier molecular flexibility index (Phi) is 3.06. The van der Waals surface area contributed by atoms with Crippen LogP contribution in [0.4, 0.5) is 5.69 Å². The number of halogens is 1. The third-order valence-corrected chi connectivity index (χ3v) is 3.65. The normalized spacial score (nSPS) is 14.3. The molecule has 1 aromatic heterocycles. The number of hydrogen-bond acceptors (Lipinski definition) is 3. The van der Waals surface area contributed by atoms with E-state index in [4.69, 9.17) is 4.42 Å². The Bertz CT molecular complexity index is 635. The molecule has 0 fully saturated rings. The Labute approximate surface area is 118 Å². The van der Waals surface area contributed by atoms with Gasteiger partial charge in [0.25, 0.3) is 5.91 Å². The molecule has 0 radical (unpaired) electrons. The first-order chi connectivity index (χ1) is 9.16. The fourth-order valence-corrected chi connectivity index (χ4v) is 2.70. The monoisotopic (exact) mass is 321 g/mol. The highest BCUT2D eigenvalue weighted by molar-refractivity contribution is 9.10. The largest absolute Gasteiger partial charge is 0.506 e. The minimum atomic E-state index is -0.229. The molecular formula is C14H12BrNO3. The van der Waals surface area contributed by atoms with Gasteiger partial charge in [-0.2, -0.15) is 0 Å². The topological polar surface area (TPSA) is 53.7 Å². The van der Waals surface area contributed by atoms with Gasteiger partial charge in [-0.3, -0.25) is 4.79 Å². The van der Waals surface area contributed by atoms with Gasteiger partial charge < -0.3 is 14.4 Å². The molecule has 0 saturated carbocycles. The zero-order chi connectivity index (χ0) is 13.4. The van der Waals surface area contributed by atoms with Gasteiger partial charge in [-0.25, -0.2) is 0 Å². The maximum absolute atomic E-state index is 12.4. The number of aromatic hydroxyl groups is 1. The third kappa shape index (κ3) is 2.14. The van der Waals surface area contributed by atoms with Crippen molar-refractivity contribution in [2.75, 3.05) is 11.4 Å². The lowest BCUT2D eigenvalue weighted by Crippen LogP contribution is -2.35. The number of phenolic OH excluding ortho intramolecular Hbond substituents is 1. The molecule has 19 heavy (non-hydrogen) atoms. The van der Waals surface area contributed by atoms with Crippen LogP contribution in [0.1, 0.15) is 22.5 Å². The lowest BCUT2D eigenvalue weighted by molar-refractivity contribution is 0.0956. The smallest absolute Gasteiger partial charge is 0.294 e. The number of phenols is 1. The van der Waals surface area contributed by atoms with E-state index in [0.29, 0.717) is 16.9 Å². The number of para-hydroxylation sites is 1. The predicted molar refractivity (Wildman–Crippen MR) is 74.5 cm³/mol. The molecule has 0 aliphatic carbocycles. The van der Waals surface area contributed by atoms with Crippen LogP contribution in [0.25, 0.3) is 0 Å². The zero-order valence-electron chi connectivity index (χ0n) is 10.1. The summed E-state index contributed by atoms with van der Waals surface area (Å²) in [6.07, 6.45) is 1.75. The highest BCUT2D eigenvalue weighted by Gasteiger charge is 2.27. The van der Waals surface area contributed by atoms with Crippen LogP contribution in [0.2, 0.25) is 0 Å². The molecule has 4 nitrogen and oxygen atoms in total. The van der Waals surface area contributed by atoms with Crippen LogP contribution >= 0.6 is 15.9 Å². The number of carbonyl (C=O) groups excluding carboxylic acids is 1. The molecule has 2 aromatic rings. The second-order valence-electron chi connectivity index (χ2n) is 4.45. The van der Waals surface area contributed by atoms with Gasteiger partial charge in [0, 0.05) is 6.54 Å². The van der Waals surface area contributed by atoms with Crippen LogP contribution in [-0.4, -0.2) is 17.6 Å². The summed E-state index contributed by atoms with van der Waals surface area (Å²) in [6.45, 7) is 0.585. The van der Waals surface area contributed by atoms with E-state index < -0.39 is 0 Å². The van der Waals surface area contributed by atoms with Gasteiger partial charge in [0.1, 0.15) is 5.75 Å². The number of fused-ring (bicyclic) bond motifs is 1. The molecule has 0 atom stereocenters. The van der Waals surface area contributed by atoms with Crippen LogP contribution in [0.3, 0.4) is 0 Å². The fraction of sp³-hybridized carbons (Fsp3) is 0.214. The molecule has 1 N–H and O–H groups in total. The second-order valence-corrected chi connectivity index (χ2v) is 5.23. The molecule has 0 spiro atoms. The van der Waals surface area contributed by atoms with Crippen molar-refractivity contribution in [3.63, 3.8) is 0 Å². The molecule has 1 amide bonds. The molecular weight excluding hydrogens is 310 g/mol. The number of furan rings is 1. The minimum Gasteiger partial charge on any atom is -0.506 e. The summed E-state index contributed by atoms with van der Waals surface area (Å²) in [7, 11) is 0. The van der Waals surface area contributed by atoms with E-state index in [1.54, 1.807) is 29.2 Å². The summed E-state index contributed by atoms with van der Waals surface area (Å²) < 4.78 is 5.82. The molecule has 1 aliphatic rings. The van der Waals surface area contributed by atoms with Gasteiger partial charge in [0.2, 0.25) is 0 Å². The molecule has 0 bridgehead atoms. The van der Waals surface area contributed by atoms with E-state index in [-0.39, 0.29) is 17.4 Å². The molecule has 1 aliphatic heterocycles. The first-order valence-electron chi connectivity index (χ1n) is 6.05. The Morgan fingerprint density at radius 2 is 2.16 bits per heavy atom. The molecule has 0 saturated heterocycles. The Balaban J connectivity index is 2.02. The maximum Gasteiger partial charge on any atom is 0.294 e. The standard InChI is InChI=1S/C14H12BrNO3/c15-12-7-6-11(19-12)14(18)16-8-2-4-9-3-1-5-10(17)13(9)16/h1,3,5-7,17H,2,4,8H2. The first-order valence-corrected chi connectivity index (χ1v) is 6.84. The van der Waals surface area contributed by atoms with Crippen molar-refractivity contribution in [3.8, 4) is 5.75 Å². The van der Waals surface area contributed by atoms with E-state index in [9.17, 15) is 9.90 Å². The summed E-state index contributed by atoms with van der Waals surface area (Å²) in [4.78, 5) is 14.0. The number of aryl methyl sites for hydroxylation is 1. The number of anilines is 1. The van der Waals surface area contributed by atoms with Crippen LogP contribution in [0.5, 0.6) is 5.75 Å². The molecule has 5 heteroatoms. The van der Waals surface area contributed by atoms with Crippen molar-refractivity contribution >= 4 is 27.5 Å². The van der Waals surface area contributed by atoms with Gasteiger partial charge in [-0.15, -0.1) is 0 Å². The Morgan fingerprint density at radius 3 is 2.89 bits per heavy atom. The SMILES string of the molecule is O=C(c1ccc(Br)o1)N1CCCc2cccc(O)c21. The van der Waals surface area contributed by atoms with E-state index >= 15 is 0 Å². The molecule has 0 unspecified atom stereocenters. The van der Waals surface area contributed by atoms with Crippen LogP contribution in [-0.2, 0) is 6.42 Å². The van der Waals surface area contributed by atoms with Crippen molar-refractivity contribution in [2.24, 2.45) is 0 Å². The van der Waals surface area contributed by atoms with Gasteiger partial charge in [0.05, 0.1) is 5.69 Å². The quantitative estimate of drug-likeness (QED) is 0.876. The van der Waals surface area contributed by atoms with Crippen molar-refractivity contribution in [3.05, 3.63) is 46.3 Å². The van der Waals surface area contributed by atoms with Gasteiger partial charge in [0.15, 0.2) is 10.4 Å². The highest BCUT2D eigenvalue weighted by atomic mass is 79.9. The van der Waals surface area contributed by atoms with Crippen LogP contribution in [0.15, 0.2) is 39.4 Å². The zero-order valence-corrected chi connectivity index (χ0v) is 11.7. The van der Waals surface area contributed by atoms with Gasteiger partial charge >= 0.3 is 0 Å². The maximum atomic E-state index is 12.4. The van der Waals surface area contributed by atoms with Gasteiger partial charge in [-0.05, 0) is 52.5 Å². The summed E-state index contributed by atoms with van der Waals surface area (Å²) in [5.41, 5.74) is 1.59. The molecule has 3 rings (SSSR count). The number of benzene rings is 1. The molecule has 1 aromatic carbocycles. The van der Waals surface area contributed by atoms with E-state index in [1.807, 2.05) is 6.07 Å². The number of nitrogens with zero attached hydrogens (tertiary/aromatic N) is 1. The average molecular weight is 322 g/mol. The van der Waals surface area contributed by atoms with E-state index in [0.717, 1.165) is 18.4 Å². The first kappa shape index (κ1) is 12.3. The number of carbonyl (C=O) groups is 1. The number of rotatable bonds is 1. The third-order valence-electron chi connectivity index (χ3n) is 3.23. The molecule has 98 valence electrons. The Hall–Kier alpha value is -1.75. The van der Waals surface area contributed by atoms with E-state index in [2.05, 4.69) is 15.9 Å². The summed E-state index contributed by atoms with van der Waals surface area (Å²) >= 11 is 3.18. The highest BCUT2D eigenvalue weighted by Crippen LogP contribution is 2.36. The Morgan fingerprint density at radius 1 is 1.32 bits per heavy atom. The van der Waals surface area contributed by atoms with E-state index in [1.165, 1.54) is 0 Å². The fourth-order valence-electron chi connectivity index (χ4n) is 2.40. The molecule has 2 heterocycles. The second kappa shape index (κ2) is 4.74. The lowest BCUT2D eigenvalue weighted by Gasteiger charge is -2.29. The number of hydrogen-bond donors (Lipinski definition) is 1. The summed E-state index contributed by atoms with van der Waals surface area (Å²) in [5.74, 6) is 0.173. The van der Waals surface area contributed by atoms with Crippen molar-refractivity contribution < 1.29 is 14.3 Å². The predicted octanol–water partition coefficient (Wildman–Crippen LogP) is 3.34. The van der Waals surface area contributed by atoms with Crippen molar-refractivity contribution in [2.45, 2.75) is 12.8 Å². The minimum absolute atomic E-state index is 0.135. The summed E-state index contributed by atoms with van der Waals surface area (Å²) in [6, 6.07) is 8.64.